The van der Waals surface area contributed by atoms with Gasteiger partial charge >= 0.3 is 10.4 Å². The third-order valence-electron chi connectivity index (χ3n) is 0. The van der Waals surface area contributed by atoms with Gasteiger partial charge in [-0.2, -0.15) is 8.42 Å². The van der Waals surface area contributed by atoms with E-state index in [0.717, 1.165) is 0 Å². The topological polar surface area (TPSA) is 295 Å². The minimum atomic E-state index is -4.67. The lowest BCUT2D eigenvalue weighted by molar-refractivity contribution is 0.381. The Morgan fingerprint density at radius 1 is 0.583 bits per heavy atom. The SMILES string of the molecule is O.O.O.O.O.O.O.O=S(=O)(O)O. The van der Waals surface area contributed by atoms with Crippen molar-refractivity contribution in [2.75, 3.05) is 0 Å². The van der Waals surface area contributed by atoms with Crippen LogP contribution in [0, 0.1) is 0 Å². The molecule has 0 rings (SSSR count). The molecule has 88 valence electrons. The third-order valence-corrected chi connectivity index (χ3v) is 0. The molecule has 0 aromatic rings. The van der Waals surface area contributed by atoms with Crippen LogP contribution in [0.25, 0.3) is 0 Å². The average molecular weight is 224 g/mol. The van der Waals surface area contributed by atoms with Crippen LogP contribution < -0.4 is 0 Å². The molecule has 0 aromatic heterocycles. The van der Waals surface area contributed by atoms with Crippen molar-refractivity contribution < 1.29 is 55.9 Å². The summed E-state index contributed by atoms with van der Waals surface area (Å²) in [7, 11) is -4.67. The molecule has 0 radical (unpaired) electrons. The lowest BCUT2D eigenvalue weighted by atomic mass is 15.8. The maximum absolute atomic E-state index is 8.74. The highest BCUT2D eigenvalue weighted by atomic mass is 32.3. The number of rotatable bonds is 0. The molecule has 11 nitrogen and oxygen atoms in total. The lowest BCUT2D eigenvalue weighted by Crippen LogP contribution is -1.89. The molecule has 0 atom stereocenters. The highest BCUT2D eigenvalue weighted by molar-refractivity contribution is 7.79. The molecule has 0 bridgehead atoms. The van der Waals surface area contributed by atoms with Crippen molar-refractivity contribution in [1.29, 1.82) is 0 Å². The van der Waals surface area contributed by atoms with E-state index in [9.17, 15) is 0 Å². The van der Waals surface area contributed by atoms with Crippen LogP contribution in [-0.2, 0) is 10.4 Å². The fourth-order valence-corrected chi connectivity index (χ4v) is 0. The van der Waals surface area contributed by atoms with Crippen LogP contribution >= 0.6 is 0 Å². The first-order valence-corrected chi connectivity index (χ1v) is 2.10. The van der Waals surface area contributed by atoms with Crippen LogP contribution in [-0.4, -0.2) is 55.9 Å². The van der Waals surface area contributed by atoms with E-state index in [-0.39, 0.29) is 38.3 Å². The Hall–Kier alpha value is -0.410. The van der Waals surface area contributed by atoms with Crippen molar-refractivity contribution in [2.45, 2.75) is 0 Å². The highest BCUT2D eigenvalue weighted by Crippen LogP contribution is 1.59. The largest absolute Gasteiger partial charge is 0.412 e. The van der Waals surface area contributed by atoms with Gasteiger partial charge in [-0.15, -0.1) is 0 Å². The first kappa shape index (κ1) is 101. The first-order valence-electron chi connectivity index (χ1n) is 0.698. The van der Waals surface area contributed by atoms with Gasteiger partial charge < -0.3 is 38.3 Å². The van der Waals surface area contributed by atoms with E-state index >= 15 is 0 Å². The van der Waals surface area contributed by atoms with Crippen LogP contribution in [0.3, 0.4) is 0 Å². The van der Waals surface area contributed by atoms with Crippen molar-refractivity contribution in [1.82, 2.24) is 0 Å². The normalized spacial score (nSPS) is 4.83. The fourth-order valence-electron chi connectivity index (χ4n) is 0. The standard InChI is InChI=1S/H2O4S.7H2O/c1-5(2,3)4;;;;;;;/h(H2,1,2,3,4);7*1H2. The second-order valence-electron chi connectivity index (χ2n) is 0.448. The van der Waals surface area contributed by atoms with Gasteiger partial charge in [0.25, 0.3) is 0 Å². The first-order chi connectivity index (χ1) is 2.00. The van der Waals surface area contributed by atoms with E-state index < -0.39 is 10.4 Å². The van der Waals surface area contributed by atoms with Gasteiger partial charge in [-0.3, -0.25) is 9.11 Å². The zero-order valence-corrected chi connectivity index (χ0v) is 6.44. The maximum Gasteiger partial charge on any atom is 0.394 e. The molecule has 12 heavy (non-hydrogen) atoms. The molecular weight excluding hydrogens is 208 g/mol. The molecule has 0 amide bonds. The van der Waals surface area contributed by atoms with Crippen molar-refractivity contribution in [3.8, 4) is 0 Å². The number of hydrogen-bond acceptors (Lipinski definition) is 2. The molecular formula is H16O11S. The summed E-state index contributed by atoms with van der Waals surface area (Å²) >= 11 is 0. The van der Waals surface area contributed by atoms with Gasteiger partial charge in [0.1, 0.15) is 0 Å². The zero-order valence-electron chi connectivity index (χ0n) is 5.62. The highest BCUT2D eigenvalue weighted by Gasteiger charge is 1.84. The van der Waals surface area contributed by atoms with E-state index in [0.29, 0.717) is 0 Å². The lowest BCUT2D eigenvalue weighted by Gasteiger charge is -1.68. The molecule has 0 aliphatic carbocycles. The second-order valence-corrected chi connectivity index (χ2v) is 1.34. The van der Waals surface area contributed by atoms with Crippen LogP contribution in [0.15, 0.2) is 0 Å². The summed E-state index contributed by atoms with van der Waals surface area (Å²) in [5, 5.41) is 0. The maximum atomic E-state index is 8.74. The number of hydrogen-bond donors (Lipinski definition) is 2. The van der Waals surface area contributed by atoms with E-state index in [1.807, 2.05) is 0 Å². The summed E-state index contributed by atoms with van der Waals surface area (Å²) < 4.78 is 31.6. The molecule has 0 aliphatic heterocycles. The van der Waals surface area contributed by atoms with Gasteiger partial charge in [0.2, 0.25) is 0 Å². The van der Waals surface area contributed by atoms with Crippen molar-refractivity contribution >= 4 is 10.4 Å². The molecule has 0 heterocycles. The van der Waals surface area contributed by atoms with Crippen LogP contribution in [0.1, 0.15) is 0 Å². The van der Waals surface area contributed by atoms with Gasteiger partial charge in [0, 0.05) is 0 Å². The fraction of sp³-hybridized carbons (Fsp3) is 0. The zero-order chi connectivity index (χ0) is 4.50. The molecule has 0 spiro atoms. The molecule has 0 aliphatic rings. The molecule has 16 N–H and O–H groups in total. The Labute approximate surface area is 67.4 Å². The minimum absolute atomic E-state index is 0. The predicted molar refractivity (Wildman–Crippen MR) is 39.5 cm³/mol. The molecule has 0 saturated carbocycles. The molecule has 0 aromatic carbocycles. The molecule has 12 heteroatoms. The molecule has 0 fully saturated rings. The summed E-state index contributed by atoms with van der Waals surface area (Å²) in [5.74, 6) is 0. The predicted octanol–water partition coefficient (Wildman–Crippen LogP) is -6.43. The summed E-state index contributed by atoms with van der Waals surface area (Å²) in [4.78, 5) is 0. The van der Waals surface area contributed by atoms with E-state index in [1.165, 1.54) is 0 Å². The Morgan fingerprint density at radius 2 is 0.583 bits per heavy atom. The Bertz CT molecular complexity index is 88.2. The van der Waals surface area contributed by atoms with Gasteiger partial charge in [-0.25, -0.2) is 0 Å². The van der Waals surface area contributed by atoms with Crippen molar-refractivity contribution in [2.24, 2.45) is 0 Å². The molecule has 0 unspecified atom stereocenters. The Balaban J connectivity index is -0.00000000381. The minimum Gasteiger partial charge on any atom is -0.412 e. The van der Waals surface area contributed by atoms with Crippen molar-refractivity contribution in [3.63, 3.8) is 0 Å². The van der Waals surface area contributed by atoms with Crippen LogP contribution in [0.5, 0.6) is 0 Å². The summed E-state index contributed by atoms with van der Waals surface area (Å²) in [6, 6.07) is 0. The smallest absolute Gasteiger partial charge is 0.394 e. The van der Waals surface area contributed by atoms with Crippen LogP contribution in [0.4, 0.5) is 0 Å². The van der Waals surface area contributed by atoms with Gasteiger partial charge in [0.15, 0.2) is 0 Å². The van der Waals surface area contributed by atoms with E-state index in [4.69, 9.17) is 17.5 Å². The van der Waals surface area contributed by atoms with Gasteiger partial charge in [-0.05, 0) is 0 Å². The monoisotopic (exact) mass is 224 g/mol. The van der Waals surface area contributed by atoms with Gasteiger partial charge in [0.05, 0.1) is 0 Å². The second kappa shape index (κ2) is 31.2. The quantitative estimate of drug-likeness (QED) is 0.378. The average Bonchev–Trinajstić information content (AvgIpc) is 0.722. The molecule has 0 saturated heterocycles. The van der Waals surface area contributed by atoms with Crippen molar-refractivity contribution in [3.05, 3.63) is 0 Å². The summed E-state index contributed by atoms with van der Waals surface area (Å²) in [5.41, 5.74) is 0. The Kier molecular flexibility index (Phi) is 262. The Morgan fingerprint density at radius 3 is 0.583 bits per heavy atom. The van der Waals surface area contributed by atoms with Crippen LogP contribution in [0.2, 0.25) is 0 Å². The third kappa shape index (κ3) is 4210. The van der Waals surface area contributed by atoms with E-state index in [2.05, 4.69) is 0 Å². The summed E-state index contributed by atoms with van der Waals surface area (Å²) in [6.45, 7) is 0. The van der Waals surface area contributed by atoms with Gasteiger partial charge in [-0.1, -0.05) is 0 Å². The van der Waals surface area contributed by atoms with E-state index in [1.54, 1.807) is 0 Å². The summed E-state index contributed by atoms with van der Waals surface area (Å²) in [6.07, 6.45) is 0.